The molecule has 3 heteroatoms. The van der Waals surface area contributed by atoms with Crippen molar-refractivity contribution in [2.24, 2.45) is 5.73 Å². The molecule has 0 aliphatic heterocycles. The largest absolute Gasteiger partial charge is 0.351 e. The highest BCUT2D eigenvalue weighted by atomic mass is 16.2. The van der Waals surface area contributed by atoms with Gasteiger partial charge >= 0.3 is 0 Å². The van der Waals surface area contributed by atoms with Crippen LogP contribution in [0.4, 0.5) is 0 Å². The van der Waals surface area contributed by atoms with Crippen LogP contribution in [0.1, 0.15) is 18.1 Å². The van der Waals surface area contributed by atoms with Crippen LogP contribution >= 0.6 is 0 Å². The van der Waals surface area contributed by atoms with E-state index < -0.39 is 6.04 Å². The first-order valence-electron chi connectivity index (χ1n) is 4.68. The van der Waals surface area contributed by atoms with E-state index >= 15 is 0 Å². The smallest absolute Gasteiger partial charge is 0.236 e. The predicted molar refractivity (Wildman–Crippen MR) is 56.7 cm³/mol. The fraction of sp³-hybridized carbons (Fsp3) is 0.364. The van der Waals surface area contributed by atoms with Gasteiger partial charge in [-0.05, 0) is 19.4 Å². The maximum atomic E-state index is 11.2. The molecule has 76 valence electrons. The molecule has 1 aromatic rings. The highest BCUT2D eigenvalue weighted by Gasteiger charge is 2.05. The SMILES string of the molecule is Cc1cccc(CNC(=O)[C@@H](C)N)c1. The van der Waals surface area contributed by atoms with Gasteiger partial charge < -0.3 is 11.1 Å². The summed E-state index contributed by atoms with van der Waals surface area (Å²) in [6, 6.07) is 7.58. The zero-order chi connectivity index (χ0) is 10.6. The molecule has 0 bridgehead atoms. The van der Waals surface area contributed by atoms with Gasteiger partial charge in [-0.3, -0.25) is 4.79 Å². The summed E-state index contributed by atoms with van der Waals surface area (Å²) < 4.78 is 0. The van der Waals surface area contributed by atoms with Crippen LogP contribution < -0.4 is 11.1 Å². The number of carbonyl (C=O) groups is 1. The quantitative estimate of drug-likeness (QED) is 0.749. The minimum atomic E-state index is -0.445. The van der Waals surface area contributed by atoms with E-state index in [1.54, 1.807) is 6.92 Å². The second-order valence-electron chi connectivity index (χ2n) is 3.50. The van der Waals surface area contributed by atoms with E-state index in [0.29, 0.717) is 6.54 Å². The van der Waals surface area contributed by atoms with Crippen LogP contribution in [-0.4, -0.2) is 11.9 Å². The summed E-state index contributed by atoms with van der Waals surface area (Å²) in [6.45, 7) is 4.24. The Labute approximate surface area is 84.3 Å². The number of hydrogen-bond acceptors (Lipinski definition) is 2. The van der Waals surface area contributed by atoms with Crippen molar-refractivity contribution < 1.29 is 4.79 Å². The molecule has 1 amide bonds. The van der Waals surface area contributed by atoms with Gasteiger partial charge in [-0.2, -0.15) is 0 Å². The van der Waals surface area contributed by atoms with Gasteiger partial charge in [0.05, 0.1) is 6.04 Å². The minimum absolute atomic E-state index is 0.119. The zero-order valence-electron chi connectivity index (χ0n) is 8.58. The first kappa shape index (κ1) is 10.7. The van der Waals surface area contributed by atoms with Crippen LogP contribution in [0.2, 0.25) is 0 Å². The van der Waals surface area contributed by atoms with Crippen LogP contribution in [0.15, 0.2) is 24.3 Å². The number of amides is 1. The lowest BCUT2D eigenvalue weighted by Gasteiger charge is -2.07. The summed E-state index contributed by atoms with van der Waals surface area (Å²) in [7, 11) is 0. The summed E-state index contributed by atoms with van der Waals surface area (Å²) in [4.78, 5) is 11.2. The molecular weight excluding hydrogens is 176 g/mol. The van der Waals surface area contributed by atoms with Crippen LogP contribution in [0, 0.1) is 6.92 Å². The van der Waals surface area contributed by atoms with Gasteiger partial charge in [-0.25, -0.2) is 0 Å². The number of benzene rings is 1. The third-order valence-electron chi connectivity index (χ3n) is 1.96. The van der Waals surface area contributed by atoms with Gasteiger partial charge in [-0.1, -0.05) is 29.8 Å². The Bertz CT molecular complexity index is 321. The van der Waals surface area contributed by atoms with Crippen LogP contribution in [0.25, 0.3) is 0 Å². The van der Waals surface area contributed by atoms with Crippen molar-refractivity contribution in [3.05, 3.63) is 35.4 Å². The number of hydrogen-bond donors (Lipinski definition) is 2. The Balaban J connectivity index is 2.50. The summed E-state index contributed by atoms with van der Waals surface area (Å²) in [5, 5.41) is 2.76. The van der Waals surface area contributed by atoms with E-state index in [0.717, 1.165) is 5.56 Å². The molecule has 1 aromatic carbocycles. The fourth-order valence-electron chi connectivity index (χ4n) is 1.17. The van der Waals surface area contributed by atoms with Gasteiger partial charge in [0.15, 0.2) is 0 Å². The van der Waals surface area contributed by atoms with E-state index in [9.17, 15) is 4.79 Å². The van der Waals surface area contributed by atoms with Gasteiger partial charge in [0.2, 0.25) is 5.91 Å². The van der Waals surface area contributed by atoms with Gasteiger partial charge in [0.1, 0.15) is 0 Å². The van der Waals surface area contributed by atoms with Gasteiger partial charge in [0, 0.05) is 6.54 Å². The maximum absolute atomic E-state index is 11.2. The van der Waals surface area contributed by atoms with Crippen molar-refractivity contribution in [1.82, 2.24) is 5.32 Å². The maximum Gasteiger partial charge on any atom is 0.236 e. The molecule has 0 saturated heterocycles. The van der Waals surface area contributed by atoms with E-state index in [1.807, 2.05) is 31.2 Å². The Morgan fingerprint density at radius 1 is 1.57 bits per heavy atom. The Hall–Kier alpha value is -1.35. The number of carbonyl (C=O) groups excluding carboxylic acids is 1. The topological polar surface area (TPSA) is 55.1 Å². The number of nitrogens with two attached hydrogens (primary N) is 1. The van der Waals surface area contributed by atoms with Crippen LogP contribution in [0.3, 0.4) is 0 Å². The molecule has 0 spiro atoms. The third-order valence-corrected chi connectivity index (χ3v) is 1.96. The molecule has 1 atom stereocenters. The lowest BCUT2D eigenvalue weighted by molar-refractivity contribution is -0.122. The number of rotatable bonds is 3. The molecule has 14 heavy (non-hydrogen) atoms. The van der Waals surface area contributed by atoms with E-state index in [-0.39, 0.29) is 5.91 Å². The first-order chi connectivity index (χ1) is 6.59. The molecule has 0 unspecified atom stereocenters. The fourth-order valence-corrected chi connectivity index (χ4v) is 1.17. The molecule has 0 saturated carbocycles. The summed E-state index contributed by atoms with van der Waals surface area (Å²) in [5.41, 5.74) is 7.71. The Morgan fingerprint density at radius 3 is 2.86 bits per heavy atom. The number of nitrogens with one attached hydrogen (secondary N) is 1. The van der Waals surface area contributed by atoms with Crippen molar-refractivity contribution in [3.63, 3.8) is 0 Å². The zero-order valence-corrected chi connectivity index (χ0v) is 8.58. The number of aryl methyl sites for hydroxylation is 1. The summed E-state index contributed by atoms with van der Waals surface area (Å²) >= 11 is 0. The van der Waals surface area contributed by atoms with Gasteiger partial charge in [0.25, 0.3) is 0 Å². The third kappa shape index (κ3) is 3.18. The lowest BCUT2D eigenvalue weighted by Crippen LogP contribution is -2.37. The second-order valence-corrected chi connectivity index (χ2v) is 3.50. The van der Waals surface area contributed by atoms with Crippen LogP contribution in [0.5, 0.6) is 0 Å². The highest BCUT2D eigenvalue weighted by molar-refractivity contribution is 5.80. The Morgan fingerprint density at radius 2 is 2.29 bits per heavy atom. The summed E-state index contributed by atoms with van der Waals surface area (Å²) in [6.07, 6.45) is 0. The Kier molecular flexibility index (Phi) is 3.65. The molecule has 0 aliphatic rings. The van der Waals surface area contributed by atoms with E-state index in [4.69, 9.17) is 5.73 Å². The van der Waals surface area contributed by atoms with Gasteiger partial charge in [-0.15, -0.1) is 0 Å². The monoisotopic (exact) mass is 192 g/mol. The molecule has 0 fully saturated rings. The molecule has 1 rings (SSSR count). The van der Waals surface area contributed by atoms with Crippen molar-refractivity contribution in [1.29, 1.82) is 0 Å². The minimum Gasteiger partial charge on any atom is -0.351 e. The highest BCUT2D eigenvalue weighted by Crippen LogP contribution is 2.02. The molecule has 0 aromatic heterocycles. The standard InChI is InChI=1S/C11H16N2O/c1-8-4-3-5-10(6-8)7-13-11(14)9(2)12/h3-6,9H,7,12H2,1-2H3,(H,13,14)/t9-/m1/s1. The molecule has 3 N–H and O–H groups in total. The average Bonchev–Trinajstić information content (AvgIpc) is 2.14. The van der Waals surface area contributed by atoms with Crippen molar-refractivity contribution in [3.8, 4) is 0 Å². The molecule has 3 nitrogen and oxygen atoms in total. The van der Waals surface area contributed by atoms with Crippen molar-refractivity contribution in [2.45, 2.75) is 26.4 Å². The second kappa shape index (κ2) is 4.77. The average molecular weight is 192 g/mol. The van der Waals surface area contributed by atoms with Crippen molar-refractivity contribution >= 4 is 5.91 Å². The van der Waals surface area contributed by atoms with Crippen LogP contribution in [-0.2, 0) is 11.3 Å². The first-order valence-corrected chi connectivity index (χ1v) is 4.68. The molecule has 0 heterocycles. The molecule has 0 aliphatic carbocycles. The van der Waals surface area contributed by atoms with E-state index in [2.05, 4.69) is 5.32 Å². The predicted octanol–water partition coefficient (Wildman–Crippen LogP) is 0.958. The summed E-state index contributed by atoms with van der Waals surface area (Å²) in [5.74, 6) is -0.119. The van der Waals surface area contributed by atoms with E-state index in [1.165, 1.54) is 5.56 Å². The lowest BCUT2D eigenvalue weighted by atomic mass is 10.1. The normalized spacial score (nSPS) is 12.2. The molecule has 0 radical (unpaired) electrons. The molecular formula is C11H16N2O. The van der Waals surface area contributed by atoms with Crippen molar-refractivity contribution in [2.75, 3.05) is 0 Å².